The highest BCUT2D eigenvalue weighted by Gasteiger charge is 2.39. The molecule has 1 saturated carbocycles. The summed E-state index contributed by atoms with van der Waals surface area (Å²) < 4.78 is 12.0. The van der Waals surface area contributed by atoms with Crippen LogP contribution in [-0.2, 0) is 21.7 Å². The van der Waals surface area contributed by atoms with Crippen LogP contribution in [0.1, 0.15) is 37.2 Å². The topological polar surface area (TPSA) is 56.3 Å². The number of nitrogens with one attached hydrogen (secondary N) is 1. The third-order valence-corrected chi connectivity index (χ3v) is 4.78. The minimum atomic E-state index is -0.321. The van der Waals surface area contributed by atoms with Gasteiger partial charge in [0.05, 0.1) is 15.9 Å². The molecular weight excluding hydrogens is 357 g/mol. The molecule has 6 heteroatoms. The lowest BCUT2D eigenvalue weighted by molar-refractivity contribution is -0.0166. The molecule has 0 amide bonds. The molecular formula is C13H20IN3O2. The van der Waals surface area contributed by atoms with Crippen LogP contribution in [0.25, 0.3) is 0 Å². The van der Waals surface area contributed by atoms with Crippen molar-refractivity contribution in [1.82, 2.24) is 9.97 Å². The molecule has 1 aliphatic rings. The Kier molecular flexibility index (Phi) is 4.97. The maximum Gasteiger partial charge on any atom is 0.163 e. The highest BCUT2D eigenvalue weighted by atomic mass is 127. The van der Waals surface area contributed by atoms with E-state index in [0.717, 1.165) is 46.6 Å². The number of hydrogen-bond acceptors (Lipinski definition) is 5. The maximum atomic E-state index is 5.76. The molecule has 0 radical (unpaired) electrons. The summed E-state index contributed by atoms with van der Waals surface area (Å²) in [6.07, 6.45) is 4.30. The van der Waals surface area contributed by atoms with Crippen molar-refractivity contribution in [2.45, 2.75) is 37.9 Å². The first-order valence-electron chi connectivity index (χ1n) is 6.45. The van der Waals surface area contributed by atoms with Crippen molar-refractivity contribution >= 4 is 28.4 Å². The van der Waals surface area contributed by atoms with Gasteiger partial charge in [-0.2, -0.15) is 0 Å². The van der Waals surface area contributed by atoms with Gasteiger partial charge >= 0.3 is 0 Å². The van der Waals surface area contributed by atoms with Crippen molar-refractivity contribution in [3.63, 3.8) is 0 Å². The standard InChI is InChI=1S/C13H20IN3O2/c1-15-11-10(14)9(8-18-2)16-12(17-11)13(19-3)6-4-5-7-13/h4-8H2,1-3H3,(H,15,16,17). The minimum Gasteiger partial charge on any atom is -0.378 e. The smallest absolute Gasteiger partial charge is 0.163 e. The van der Waals surface area contributed by atoms with Crippen LogP contribution in [0.3, 0.4) is 0 Å². The van der Waals surface area contributed by atoms with E-state index in [4.69, 9.17) is 9.47 Å². The zero-order valence-electron chi connectivity index (χ0n) is 11.6. The monoisotopic (exact) mass is 377 g/mol. The van der Waals surface area contributed by atoms with Crippen molar-refractivity contribution in [3.05, 3.63) is 15.1 Å². The molecule has 0 unspecified atom stereocenters. The second-order valence-electron chi connectivity index (χ2n) is 4.75. The summed E-state index contributed by atoms with van der Waals surface area (Å²) in [5, 5.41) is 3.13. The lowest BCUT2D eigenvalue weighted by Gasteiger charge is -2.26. The van der Waals surface area contributed by atoms with Crippen molar-refractivity contribution < 1.29 is 9.47 Å². The summed E-state index contributed by atoms with van der Waals surface area (Å²) >= 11 is 2.25. The molecule has 0 aromatic carbocycles. The van der Waals surface area contributed by atoms with Gasteiger partial charge in [-0.15, -0.1) is 0 Å². The van der Waals surface area contributed by atoms with Crippen LogP contribution < -0.4 is 5.32 Å². The number of aromatic nitrogens is 2. The molecule has 1 heterocycles. The van der Waals surface area contributed by atoms with E-state index in [9.17, 15) is 0 Å². The van der Waals surface area contributed by atoms with Crippen LogP contribution in [0, 0.1) is 3.57 Å². The Hall–Kier alpha value is -0.470. The highest BCUT2D eigenvalue weighted by Crippen LogP contribution is 2.40. The Morgan fingerprint density at radius 2 is 1.95 bits per heavy atom. The normalized spacial score (nSPS) is 17.7. The largest absolute Gasteiger partial charge is 0.378 e. The summed E-state index contributed by atoms with van der Waals surface area (Å²) in [7, 11) is 5.30. The number of rotatable bonds is 5. The van der Waals surface area contributed by atoms with E-state index in [1.54, 1.807) is 14.2 Å². The van der Waals surface area contributed by atoms with E-state index in [-0.39, 0.29) is 5.60 Å². The van der Waals surface area contributed by atoms with E-state index in [1.165, 1.54) is 0 Å². The van der Waals surface area contributed by atoms with Crippen LogP contribution in [0.4, 0.5) is 5.82 Å². The van der Waals surface area contributed by atoms with Gasteiger partial charge in [-0.05, 0) is 48.3 Å². The molecule has 0 aliphatic heterocycles. The fourth-order valence-electron chi connectivity index (χ4n) is 2.56. The average molecular weight is 377 g/mol. The second-order valence-corrected chi connectivity index (χ2v) is 5.82. The van der Waals surface area contributed by atoms with Gasteiger partial charge < -0.3 is 14.8 Å². The van der Waals surface area contributed by atoms with Crippen molar-refractivity contribution in [1.29, 1.82) is 0 Å². The summed E-state index contributed by atoms with van der Waals surface area (Å²) in [6, 6.07) is 0. The van der Waals surface area contributed by atoms with Gasteiger partial charge in [-0.25, -0.2) is 9.97 Å². The third kappa shape index (κ3) is 2.85. The molecule has 2 rings (SSSR count). The molecule has 0 bridgehead atoms. The first-order chi connectivity index (χ1) is 9.16. The summed E-state index contributed by atoms with van der Waals surface area (Å²) in [5.74, 6) is 1.63. The van der Waals surface area contributed by atoms with Crippen LogP contribution in [-0.4, -0.2) is 31.2 Å². The molecule has 5 nitrogen and oxygen atoms in total. The quantitative estimate of drug-likeness (QED) is 0.800. The number of anilines is 1. The molecule has 1 aromatic heterocycles. The molecule has 106 valence electrons. The van der Waals surface area contributed by atoms with Crippen LogP contribution in [0.2, 0.25) is 0 Å². The Labute approximate surface area is 127 Å². The van der Waals surface area contributed by atoms with Crippen molar-refractivity contribution in [2.24, 2.45) is 0 Å². The van der Waals surface area contributed by atoms with Gasteiger partial charge in [0.25, 0.3) is 0 Å². The third-order valence-electron chi connectivity index (χ3n) is 3.65. The van der Waals surface area contributed by atoms with E-state index >= 15 is 0 Å². The Morgan fingerprint density at radius 3 is 2.47 bits per heavy atom. The maximum absolute atomic E-state index is 5.76. The molecule has 1 fully saturated rings. The summed E-state index contributed by atoms with van der Waals surface area (Å²) in [5.41, 5.74) is 0.596. The Morgan fingerprint density at radius 1 is 1.26 bits per heavy atom. The predicted octanol–water partition coefficient (Wildman–Crippen LogP) is 2.69. The zero-order valence-corrected chi connectivity index (χ0v) is 13.8. The number of methoxy groups -OCH3 is 2. The first-order valence-corrected chi connectivity index (χ1v) is 7.53. The van der Waals surface area contributed by atoms with E-state index in [0.29, 0.717) is 6.61 Å². The molecule has 1 aromatic rings. The zero-order chi connectivity index (χ0) is 13.9. The molecule has 19 heavy (non-hydrogen) atoms. The Bertz CT molecular complexity index is 448. The van der Waals surface area contributed by atoms with E-state index < -0.39 is 0 Å². The first kappa shape index (κ1) is 14.9. The molecule has 0 saturated heterocycles. The molecule has 0 spiro atoms. The van der Waals surface area contributed by atoms with Gasteiger partial charge in [0.2, 0.25) is 0 Å². The minimum absolute atomic E-state index is 0.321. The fraction of sp³-hybridized carbons (Fsp3) is 0.692. The second kappa shape index (κ2) is 6.32. The van der Waals surface area contributed by atoms with Crippen molar-refractivity contribution in [2.75, 3.05) is 26.6 Å². The number of hydrogen-bond donors (Lipinski definition) is 1. The van der Waals surface area contributed by atoms with Gasteiger partial charge in [-0.1, -0.05) is 0 Å². The predicted molar refractivity (Wildman–Crippen MR) is 82.2 cm³/mol. The fourth-order valence-corrected chi connectivity index (χ4v) is 3.23. The highest BCUT2D eigenvalue weighted by molar-refractivity contribution is 14.1. The molecule has 1 N–H and O–H groups in total. The number of halogens is 1. The van der Waals surface area contributed by atoms with Crippen LogP contribution in [0.5, 0.6) is 0 Å². The van der Waals surface area contributed by atoms with Gasteiger partial charge in [-0.3, -0.25) is 0 Å². The lowest BCUT2D eigenvalue weighted by Crippen LogP contribution is -2.28. The Balaban J connectivity index is 2.47. The summed E-state index contributed by atoms with van der Waals surface area (Å²) in [4.78, 5) is 9.34. The van der Waals surface area contributed by atoms with Crippen molar-refractivity contribution in [3.8, 4) is 0 Å². The van der Waals surface area contributed by atoms with Gasteiger partial charge in [0.1, 0.15) is 11.4 Å². The van der Waals surface area contributed by atoms with Gasteiger partial charge in [0, 0.05) is 21.3 Å². The van der Waals surface area contributed by atoms with Crippen LogP contribution in [0.15, 0.2) is 0 Å². The van der Waals surface area contributed by atoms with Gasteiger partial charge in [0.15, 0.2) is 5.82 Å². The lowest BCUT2D eigenvalue weighted by atomic mass is 10.0. The number of nitrogens with zero attached hydrogens (tertiary/aromatic N) is 2. The molecule has 0 atom stereocenters. The number of ether oxygens (including phenoxy) is 2. The van der Waals surface area contributed by atoms with E-state index in [2.05, 4.69) is 37.9 Å². The SMILES string of the molecule is CNc1nc(C2(OC)CCCC2)nc(COC)c1I. The summed E-state index contributed by atoms with van der Waals surface area (Å²) in [6.45, 7) is 0.488. The van der Waals surface area contributed by atoms with E-state index in [1.807, 2.05) is 7.05 Å². The van der Waals surface area contributed by atoms with Crippen LogP contribution >= 0.6 is 22.6 Å². The average Bonchev–Trinajstić information content (AvgIpc) is 2.91. The molecule has 1 aliphatic carbocycles.